The van der Waals surface area contributed by atoms with Crippen molar-refractivity contribution in [3.8, 4) is 0 Å². The average Bonchev–Trinajstić information content (AvgIpc) is 2.96. The lowest BCUT2D eigenvalue weighted by atomic mass is 10.1. The Hall–Kier alpha value is -1.94. The maximum absolute atomic E-state index is 4.42. The number of hydrogen-bond donors (Lipinski definition) is 1. The molecule has 116 valence electrons. The SMILES string of the molecule is Cc1ccnc(NC2CCN(CCCc3ccccc3)C2)n1. The van der Waals surface area contributed by atoms with Crippen LogP contribution < -0.4 is 5.32 Å². The Labute approximate surface area is 132 Å². The lowest BCUT2D eigenvalue weighted by Gasteiger charge is -2.16. The van der Waals surface area contributed by atoms with Gasteiger partial charge in [0.25, 0.3) is 0 Å². The minimum absolute atomic E-state index is 0.471. The second-order valence-electron chi connectivity index (χ2n) is 6.04. The predicted octanol–water partition coefficient (Wildman–Crippen LogP) is 2.90. The maximum Gasteiger partial charge on any atom is 0.223 e. The minimum Gasteiger partial charge on any atom is -0.350 e. The molecule has 0 radical (unpaired) electrons. The number of rotatable bonds is 6. The third-order valence-electron chi connectivity index (χ3n) is 4.18. The molecule has 2 heterocycles. The molecule has 1 N–H and O–H groups in total. The molecule has 1 fully saturated rings. The van der Waals surface area contributed by atoms with E-state index >= 15 is 0 Å². The zero-order chi connectivity index (χ0) is 15.2. The van der Waals surface area contributed by atoms with E-state index in [0.29, 0.717) is 6.04 Å². The summed E-state index contributed by atoms with van der Waals surface area (Å²) in [5, 5.41) is 3.46. The summed E-state index contributed by atoms with van der Waals surface area (Å²) in [6.45, 7) is 5.42. The van der Waals surface area contributed by atoms with Crippen molar-refractivity contribution in [2.75, 3.05) is 25.0 Å². The van der Waals surface area contributed by atoms with E-state index in [-0.39, 0.29) is 0 Å². The normalized spacial score (nSPS) is 18.5. The minimum atomic E-state index is 0.471. The van der Waals surface area contributed by atoms with Crippen LogP contribution in [0.4, 0.5) is 5.95 Å². The van der Waals surface area contributed by atoms with Crippen LogP contribution in [0.3, 0.4) is 0 Å². The number of nitrogens with one attached hydrogen (secondary N) is 1. The van der Waals surface area contributed by atoms with E-state index in [1.54, 1.807) is 0 Å². The molecule has 22 heavy (non-hydrogen) atoms. The largest absolute Gasteiger partial charge is 0.350 e. The molecule has 4 nitrogen and oxygen atoms in total. The van der Waals surface area contributed by atoms with Crippen LogP contribution in [-0.2, 0) is 6.42 Å². The van der Waals surface area contributed by atoms with Gasteiger partial charge >= 0.3 is 0 Å². The molecule has 1 aliphatic rings. The summed E-state index contributed by atoms with van der Waals surface area (Å²) in [5.74, 6) is 0.760. The quantitative estimate of drug-likeness (QED) is 0.890. The third kappa shape index (κ3) is 4.28. The van der Waals surface area contributed by atoms with Gasteiger partial charge in [-0.3, -0.25) is 0 Å². The topological polar surface area (TPSA) is 41.1 Å². The average molecular weight is 296 g/mol. The van der Waals surface area contributed by atoms with Crippen molar-refractivity contribution in [1.29, 1.82) is 0 Å². The van der Waals surface area contributed by atoms with Gasteiger partial charge in [-0.2, -0.15) is 0 Å². The highest BCUT2D eigenvalue weighted by Gasteiger charge is 2.22. The smallest absolute Gasteiger partial charge is 0.223 e. The van der Waals surface area contributed by atoms with Crippen molar-refractivity contribution in [1.82, 2.24) is 14.9 Å². The standard InChI is InChI=1S/C18H24N4/c1-15-9-11-19-18(20-15)21-17-10-13-22(14-17)12-5-8-16-6-3-2-4-7-16/h2-4,6-7,9,11,17H,5,8,10,12-14H2,1H3,(H,19,20,21). The van der Waals surface area contributed by atoms with E-state index in [1.807, 2.05) is 19.2 Å². The molecular formula is C18H24N4. The molecule has 4 heteroatoms. The van der Waals surface area contributed by atoms with Crippen LogP contribution in [0, 0.1) is 6.92 Å². The molecule has 1 aliphatic heterocycles. The first kappa shape index (κ1) is 15.0. The van der Waals surface area contributed by atoms with Gasteiger partial charge in [-0.05, 0) is 44.4 Å². The highest BCUT2D eigenvalue weighted by molar-refractivity contribution is 5.27. The molecule has 1 atom stereocenters. The summed E-state index contributed by atoms with van der Waals surface area (Å²) in [6, 6.07) is 13.1. The number of hydrogen-bond acceptors (Lipinski definition) is 4. The van der Waals surface area contributed by atoms with E-state index in [2.05, 4.69) is 50.5 Å². The van der Waals surface area contributed by atoms with Crippen LogP contribution in [0.5, 0.6) is 0 Å². The van der Waals surface area contributed by atoms with Crippen molar-refractivity contribution in [2.45, 2.75) is 32.2 Å². The van der Waals surface area contributed by atoms with E-state index in [9.17, 15) is 0 Å². The van der Waals surface area contributed by atoms with Gasteiger partial charge in [0.1, 0.15) is 0 Å². The zero-order valence-electron chi connectivity index (χ0n) is 13.2. The van der Waals surface area contributed by atoms with Gasteiger partial charge in [0.05, 0.1) is 0 Å². The molecule has 1 aromatic carbocycles. The first-order valence-electron chi connectivity index (χ1n) is 8.12. The van der Waals surface area contributed by atoms with Crippen LogP contribution in [0.2, 0.25) is 0 Å². The van der Waals surface area contributed by atoms with Gasteiger partial charge < -0.3 is 10.2 Å². The molecule has 2 aromatic rings. The predicted molar refractivity (Wildman–Crippen MR) is 90.0 cm³/mol. The fraction of sp³-hybridized carbons (Fsp3) is 0.444. The summed E-state index contributed by atoms with van der Waals surface area (Å²) in [4.78, 5) is 11.3. The highest BCUT2D eigenvalue weighted by Crippen LogP contribution is 2.14. The van der Waals surface area contributed by atoms with Crippen LogP contribution in [0.25, 0.3) is 0 Å². The van der Waals surface area contributed by atoms with Crippen LogP contribution in [0.1, 0.15) is 24.1 Å². The van der Waals surface area contributed by atoms with Gasteiger partial charge in [0.15, 0.2) is 0 Å². The number of nitrogens with zero attached hydrogens (tertiary/aromatic N) is 3. The lowest BCUT2D eigenvalue weighted by Crippen LogP contribution is -2.27. The van der Waals surface area contributed by atoms with Gasteiger partial charge in [0, 0.05) is 31.0 Å². The van der Waals surface area contributed by atoms with Crippen LogP contribution in [-0.4, -0.2) is 40.5 Å². The number of aromatic nitrogens is 2. The summed E-state index contributed by atoms with van der Waals surface area (Å²) in [6.07, 6.45) is 5.37. The molecular weight excluding hydrogens is 272 g/mol. The van der Waals surface area contributed by atoms with Crippen molar-refractivity contribution in [2.24, 2.45) is 0 Å². The molecule has 0 bridgehead atoms. The third-order valence-corrected chi connectivity index (χ3v) is 4.18. The summed E-state index contributed by atoms with van der Waals surface area (Å²) >= 11 is 0. The molecule has 0 aliphatic carbocycles. The van der Waals surface area contributed by atoms with Gasteiger partial charge in [-0.15, -0.1) is 0 Å². The monoisotopic (exact) mass is 296 g/mol. The molecule has 3 rings (SSSR count). The molecule has 0 amide bonds. The van der Waals surface area contributed by atoms with Crippen LogP contribution in [0.15, 0.2) is 42.6 Å². The summed E-state index contributed by atoms with van der Waals surface area (Å²) in [5.41, 5.74) is 2.44. The van der Waals surface area contributed by atoms with E-state index in [4.69, 9.17) is 0 Å². The fourth-order valence-corrected chi connectivity index (χ4v) is 3.01. The van der Waals surface area contributed by atoms with E-state index < -0.39 is 0 Å². The van der Waals surface area contributed by atoms with E-state index in [1.165, 1.54) is 24.9 Å². The van der Waals surface area contributed by atoms with Crippen molar-refractivity contribution in [3.63, 3.8) is 0 Å². The second kappa shape index (κ2) is 7.36. The van der Waals surface area contributed by atoms with Crippen LogP contribution >= 0.6 is 0 Å². The Kier molecular flexibility index (Phi) is 5.01. The van der Waals surface area contributed by atoms with Gasteiger partial charge in [-0.25, -0.2) is 9.97 Å². The number of benzene rings is 1. The molecule has 1 saturated heterocycles. The first-order chi connectivity index (χ1) is 10.8. The Balaban J connectivity index is 1.41. The van der Waals surface area contributed by atoms with Crippen molar-refractivity contribution in [3.05, 3.63) is 53.9 Å². The Morgan fingerprint density at radius 3 is 2.91 bits per heavy atom. The lowest BCUT2D eigenvalue weighted by molar-refractivity contribution is 0.331. The molecule has 1 unspecified atom stereocenters. The number of likely N-dealkylation sites (tertiary alicyclic amines) is 1. The Morgan fingerprint density at radius 1 is 1.23 bits per heavy atom. The fourth-order valence-electron chi connectivity index (χ4n) is 3.01. The van der Waals surface area contributed by atoms with Gasteiger partial charge in [-0.1, -0.05) is 30.3 Å². The number of anilines is 1. The Morgan fingerprint density at radius 2 is 2.09 bits per heavy atom. The Bertz CT molecular complexity index is 585. The molecule has 0 spiro atoms. The highest BCUT2D eigenvalue weighted by atomic mass is 15.2. The molecule has 0 saturated carbocycles. The van der Waals surface area contributed by atoms with Crippen molar-refractivity contribution >= 4 is 5.95 Å². The summed E-state index contributed by atoms with van der Waals surface area (Å²) in [7, 11) is 0. The van der Waals surface area contributed by atoms with E-state index in [0.717, 1.165) is 31.2 Å². The number of aryl methyl sites for hydroxylation is 2. The first-order valence-corrected chi connectivity index (χ1v) is 8.12. The van der Waals surface area contributed by atoms with Crippen molar-refractivity contribution < 1.29 is 0 Å². The second-order valence-corrected chi connectivity index (χ2v) is 6.04. The summed E-state index contributed by atoms with van der Waals surface area (Å²) < 4.78 is 0. The van der Waals surface area contributed by atoms with Gasteiger partial charge in [0.2, 0.25) is 5.95 Å². The zero-order valence-corrected chi connectivity index (χ0v) is 13.2. The maximum atomic E-state index is 4.42. The molecule has 1 aromatic heterocycles.